The highest BCUT2D eigenvalue weighted by Crippen LogP contribution is 2.28. The number of rotatable bonds is 5. The number of carbonyl (C=O) groups is 1. The standard InChI is InChI=1S/C26H19Cl2N3OS/c27-20-11-10-18(22(28)13-20)15-30-16-19(21-8-4-5-9-24(21)30)12-23-25(32)31(26(33)29-23)14-17-6-2-1-3-7-17/h1-13,16H,14-15H2,(H,29,33). The first-order chi connectivity index (χ1) is 16.0. The maximum absolute atomic E-state index is 13.1. The molecule has 1 N–H and O–H groups in total. The van der Waals surface area contributed by atoms with Crippen LogP contribution in [0.2, 0.25) is 10.0 Å². The van der Waals surface area contributed by atoms with Gasteiger partial charge in [0.2, 0.25) is 0 Å². The first-order valence-electron chi connectivity index (χ1n) is 10.4. The molecule has 1 fully saturated rings. The van der Waals surface area contributed by atoms with Crippen molar-refractivity contribution in [1.29, 1.82) is 0 Å². The number of benzene rings is 3. The summed E-state index contributed by atoms with van der Waals surface area (Å²) in [4.78, 5) is 14.7. The van der Waals surface area contributed by atoms with Crippen molar-refractivity contribution in [2.24, 2.45) is 0 Å². The molecule has 0 atom stereocenters. The lowest BCUT2D eigenvalue weighted by Crippen LogP contribution is -2.29. The van der Waals surface area contributed by atoms with Gasteiger partial charge in [-0.3, -0.25) is 9.69 Å². The van der Waals surface area contributed by atoms with Crippen LogP contribution in [-0.2, 0) is 17.9 Å². The summed E-state index contributed by atoms with van der Waals surface area (Å²) < 4.78 is 2.12. The van der Waals surface area contributed by atoms with E-state index in [1.165, 1.54) is 0 Å². The number of para-hydroxylation sites is 1. The predicted molar refractivity (Wildman–Crippen MR) is 138 cm³/mol. The van der Waals surface area contributed by atoms with Gasteiger partial charge >= 0.3 is 0 Å². The largest absolute Gasteiger partial charge is 0.342 e. The summed E-state index contributed by atoms with van der Waals surface area (Å²) >= 11 is 17.9. The molecule has 7 heteroatoms. The summed E-state index contributed by atoms with van der Waals surface area (Å²) in [7, 11) is 0. The molecular weight excluding hydrogens is 473 g/mol. The Morgan fingerprint density at radius 2 is 1.70 bits per heavy atom. The van der Waals surface area contributed by atoms with Crippen molar-refractivity contribution in [1.82, 2.24) is 14.8 Å². The molecule has 0 aliphatic carbocycles. The van der Waals surface area contributed by atoms with Gasteiger partial charge in [0.25, 0.3) is 5.91 Å². The van der Waals surface area contributed by atoms with Crippen molar-refractivity contribution < 1.29 is 4.79 Å². The van der Waals surface area contributed by atoms with E-state index in [4.69, 9.17) is 35.4 Å². The third-order valence-corrected chi connectivity index (χ3v) is 6.53. The minimum absolute atomic E-state index is 0.138. The lowest BCUT2D eigenvalue weighted by atomic mass is 10.1. The molecule has 0 unspecified atom stereocenters. The van der Waals surface area contributed by atoms with Gasteiger partial charge in [0.1, 0.15) is 5.70 Å². The van der Waals surface area contributed by atoms with Crippen LogP contribution < -0.4 is 5.32 Å². The van der Waals surface area contributed by atoms with Crippen LogP contribution in [0.15, 0.2) is 84.7 Å². The molecule has 164 valence electrons. The molecule has 0 radical (unpaired) electrons. The maximum atomic E-state index is 13.1. The van der Waals surface area contributed by atoms with Gasteiger partial charge in [-0.05, 0) is 47.6 Å². The van der Waals surface area contributed by atoms with Crippen LogP contribution in [0.25, 0.3) is 17.0 Å². The van der Waals surface area contributed by atoms with E-state index in [2.05, 4.69) is 16.0 Å². The van der Waals surface area contributed by atoms with Crippen LogP contribution in [0, 0.1) is 0 Å². The van der Waals surface area contributed by atoms with E-state index in [0.717, 1.165) is 27.6 Å². The molecule has 0 spiro atoms. The fourth-order valence-corrected chi connectivity index (χ4v) is 4.72. The van der Waals surface area contributed by atoms with Gasteiger partial charge < -0.3 is 9.88 Å². The summed E-state index contributed by atoms with van der Waals surface area (Å²) in [6.45, 7) is 1.01. The number of amides is 1. The van der Waals surface area contributed by atoms with Gasteiger partial charge in [-0.25, -0.2) is 0 Å². The number of thiocarbonyl (C=S) groups is 1. The van der Waals surface area contributed by atoms with E-state index < -0.39 is 0 Å². The highest BCUT2D eigenvalue weighted by atomic mass is 35.5. The maximum Gasteiger partial charge on any atom is 0.276 e. The Morgan fingerprint density at radius 1 is 0.939 bits per heavy atom. The molecule has 1 aliphatic rings. The second-order valence-electron chi connectivity index (χ2n) is 7.83. The lowest BCUT2D eigenvalue weighted by Gasteiger charge is -2.13. The van der Waals surface area contributed by atoms with E-state index >= 15 is 0 Å². The van der Waals surface area contributed by atoms with Crippen molar-refractivity contribution in [3.8, 4) is 0 Å². The molecule has 5 rings (SSSR count). The number of carbonyl (C=O) groups excluding carboxylic acids is 1. The Balaban J connectivity index is 1.48. The number of aromatic nitrogens is 1. The van der Waals surface area contributed by atoms with Gasteiger partial charge in [-0.15, -0.1) is 0 Å². The van der Waals surface area contributed by atoms with Crippen LogP contribution in [0.4, 0.5) is 0 Å². The first kappa shape index (κ1) is 21.7. The number of fused-ring (bicyclic) bond motifs is 1. The van der Waals surface area contributed by atoms with E-state index in [9.17, 15) is 4.79 Å². The number of hydrogen-bond donors (Lipinski definition) is 1. The van der Waals surface area contributed by atoms with Crippen molar-refractivity contribution >= 4 is 63.4 Å². The minimum atomic E-state index is -0.138. The molecule has 4 aromatic rings. The number of nitrogens with zero attached hydrogens (tertiary/aromatic N) is 2. The summed E-state index contributed by atoms with van der Waals surface area (Å²) in [5.41, 5.74) is 4.42. The summed E-state index contributed by atoms with van der Waals surface area (Å²) in [6, 6.07) is 23.4. The number of halogens is 2. The van der Waals surface area contributed by atoms with Crippen LogP contribution >= 0.6 is 35.4 Å². The average Bonchev–Trinajstić information content (AvgIpc) is 3.28. The molecule has 0 bridgehead atoms. The topological polar surface area (TPSA) is 37.3 Å². The van der Waals surface area contributed by atoms with E-state index in [-0.39, 0.29) is 5.91 Å². The van der Waals surface area contributed by atoms with Gasteiger partial charge in [0.05, 0.1) is 6.54 Å². The second-order valence-corrected chi connectivity index (χ2v) is 9.06. The molecule has 1 saturated heterocycles. The van der Waals surface area contributed by atoms with Gasteiger partial charge in [-0.2, -0.15) is 0 Å². The van der Waals surface area contributed by atoms with Gasteiger partial charge in [-0.1, -0.05) is 77.8 Å². The Hall–Kier alpha value is -3.12. The molecule has 4 nitrogen and oxygen atoms in total. The molecule has 1 aliphatic heterocycles. The molecule has 1 aromatic heterocycles. The highest BCUT2D eigenvalue weighted by Gasteiger charge is 2.30. The van der Waals surface area contributed by atoms with E-state index in [1.807, 2.05) is 72.9 Å². The Bertz CT molecular complexity index is 1410. The van der Waals surface area contributed by atoms with Crippen molar-refractivity contribution in [2.75, 3.05) is 0 Å². The van der Waals surface area contributed by atoms with E-state index in [0.29, 0.717) is 33.9 Å². The van der Waals surface area contributed by atoms with Crippen molar-refractivity contribution in [3.63, 3.8) is 0 Å². The summed E-state index contributed by atoms with van der Waals surface area (Å²) in [6.07, 6.45) is 3.89. The van der Waals surface area contributed by atoms with Crippen LogP contribution in [-0.4, -0.2) is 20.5 Å². The molecule has 0 saturated carbocycles. The Labute approximate surface area is 207 Å². The molecule has 3 aromatic carbocycles. The van der Waals surface area contributed by atoms with Gasteiger partial charge in [0.15, 0.2) is 5.11 Å². The average molecular weight is 492 g/mol. The molecular formula is C26H19Cl2N3OS. The summed E-state index contributed by atoms with van der Waals surface area (Å²) in [5.74, 6) is -0.138. The Kier molecular flexibility index (Phi) is 5.94. The zero-order chi connectivity index (χ0) is 22.9. The number of hydrogen-bond acceptors (Lipinski definition) is 2. The normalized spacial score (nSPS) is 15.0. The SMILES string of the molecule is O=C1C(=Cc2cn(Cc3ccc(Cl)cc3Cl)c3ccccc23)NC(=S)N1Cc1ccccc1. The minimum Gasteiger partial charge on any atom is -0.342 e. The van der Waals surface area contributed by atoms with Crippen LogP contribution in [0.1, 0.15) is 16.7 Å². The number of nitrogens with one attached hydrogen (secondary N) is 1. The lowest BCUT2D eigenvalue weighted by molar-refractivity contribution is -0.122. The fourth-order valence-electron chi connectivity index (χ4n) is 3.99. The van der Waals surface area contributed by atoms with Crippen LogP contribution in [0.5, 0.6) is 0 Å². The first-order valence-corrected chi connectivity index (χ1v) is 11.6. The zero-order valence-corrected chi connectivity index (χ0v) is 19.8. The van der Waals surface area contributed by atoms with Crippen molar-refractivity contribution in [2.45, 2.75) is 13.1 Å². The second kappa shape index (κ2) is 9.02. The smallest absolute Gasteiger partial charge is 0.276 e. The summed E-state index contributed by atoms with van der Waals surface area (Å²) in [5, 5.41) is 5.76. The predicted octanol–water partition coefficient (Wildman–Crippen LogP) is 6.25. The van der Waals surface area contributed by atoms with Crippen LogP contribution in [0.3, 0.4) is 0 Å². The molecule has 1 amide bonds. The molecule has 2 heterocycles. The quantitative estimate of drug-likeness (QED) is 0.264. The van der Waals surface area contributed by atoms with Gasteiger partial charge in [0, 0.05) is 39.3 Å². The molecule has 33 heavy (non-hydrogen) atoms. The van der Waals surface area contributed by atoms with E-state index in [1.54, 1.807) is 11.0 Å². The zero-order valence-electron chi connectivity index (χ0n) is 17.5. The fraction of sp³-hybridized carbons (Fsp3) is 0.0769. The highest BCUT2D eigenvalue weighted by molar-refractivity contribution is 7.80. The third-order valence-electron chi connectivity index (χ3n) is 5.62. The third kappa shape index (κ3) is 4.40. The Morgan fingerprint density at radius 3 is 2.48 bits per heavy atom. The van der Waals surface area contributed by atoms with Crippen molar-refractivity contribution in [3.05, 3.63) is 111 Å². The monoisotopic (exact) mass is 491 g/mol.